The van der Waals surface area contributed by atoms with Gasteiger partial charge in [0.05, 0.1) is 5.02 Å². The third kappa shape index (κ3) is 2.29. The van der Waals surface area contributed by atoms with Crippen LogP contribution in [0.2, 0.25) is 5.02 Å². The number of halogens is 1. The van der Waals surface area contributed by atoms with E-state index in [4.69, 9.17) is 26.8 Å². The van der Waals surface area contributed by atoms with E-state index in [0.717, 1.165) is 11.3 Å². The molecule has 0 radical (unpaired) electrons. The highest BCUT2D eigenvalue weighted by Crippen LogP contribution is 2.45. The molecular formula is C14H20ClNO2. The lowest BCUT2D eigenvalue weighted by atomic mass is 9.89. The Balaban J connectivity index is 2.61. The molecule has 2 N–H and O–H groups in total. The minimum Gasteiger partial charge on any atom is -0.486 e. The molecule has 1 atom stereocenters. The molecule has 1 heterocycles. The fraction of sp³-hybridized carbons (Fsp3) is 0.571. The van der Waals surface area contributed by atoms with Crippen molar-refractivity contribution in [2.24, 2.45) is 5.73 Å². The molecule has 18 heavy (non-hydrogen) atoms. The standard InChI is InChI=1S/C14H20ClNO2/c1-8(2)12-10(9(3)7-16)6-11-14(13(12)15)18-5-4-17-11/h6,8-9H,4-5,7,16H2,1-3H3. The smallest absolute Gasteiger partial charge is 0.180 e. The molecule has 3 nitrogen and oxygen atoms in total. The summed E-state index contributed by atoms with van der Waals surface area (Å²) < 4.78 is 11.2. The number of ether oxygens (including phenoxy) is 2. The van der Waals surface area contributed by atoms with Gasteiger partial charge in [-0.1, -0.05) is 32.4 Å². The second kappa shape index (κ2) is 5.37. The van der Waals surface area contributed by atoms with Gasteiger partial charge in [-0.15, -0.1) is 0 Å². The normalized spacial score (nSPS) is 15.9. The van der Waals surface area contributed by atoms with Crippen molar-refractivity contribution < 1.29 is 9.47 Å². The van der Waals surface area contributed by atoms with Gasteiger partial charge >= 0.3 is 0 Å². The average molecular weight is 270 g/mol. The minimum absolute atomic E-state index is 0.260. The Morgan fingerprint density at radius 2 is 1.94 bits per heavy atom. The van der Waals surface area contributed by atoms with Crippen LogP contribution in [0.5, 0.6) is 11.5 Å². The van der Waals surface area contributed by atoms with Crippen LogP contribution < -0.4 is 15.2 Å². The zero-order chi connectivity index (χ0) is 13.3. The number of hydrogen-bond acceptors (Lipinski definition) is 3. The molecule has 0 saturated carbocycles. The van der Waals surface area contributed by atoms with E-state index in [2.05, 4.69) is 20.8 Å². The van der Waals surface area contributed by atoms with Crippen molar-refractivity contribution in [1.82, 2.24) is 0 Å². The summed E-state index contributed by atoms with van der Waals surface area (Å²) >= 11 is 6.48. The molecule has 0 spiro atoms. The fourth-order valence-electron chi connectivity index (χ4n) is 2.30. The number of benzene rings is 1. The van der Waals surface area contributed by atoms with E-state index < -0.39 is 0 Å². The average Bonchev–Trinajstić information content (AvgIpc) is 2.37. The maximum Gasteiger partial charge on any atom is 0.180 e. The SMILES string of the molecule is CC(C)c1c(C(C)CN)cc2c(c1Cl)OCCO2. The van der Waals surface area contributed by atoms with Crippen molar-refractivity contribution in [3.8, 4) is 11.5 Å². The van der Waals surface area contributed by atoms with Crippen LogP contribution in [-0.4, -0.2) is 19.8 Å². The molecule has 0 saturated heterocycles. The van der Waals surface area contributed by atoms with Gasteiger partial charge in [-0.05, 0) is 35.6 Å². The van der Waals surface area contributed by atoms with Gasteiger partial charge in [0.25, 0.3) is 0 Å². The van der Waals surface area contributed by atoms with Crippen LogP contribution in [0.15, 0.2) is 6.07 Å². The molecule has 1 aliphatic heterocycles. The summed E-state index contributed by atoms with van der Waals surface area (Å²) in [7, 11) is 0. The summed E-state index contributed by atoms with van der Waals surface area (Å²) in [5.74, 6) is 2.01. The summed E-state index contributed by atoms with van der Waals surface area (Å²) in [6, 6.07) is 2.03. The van der Waals surface area contributed by atoms with Crippen LogP contribution in [0.3, 0.4) is 0 Å². The van der Waals surface area contributed by atoms with E-state index in [1.807, 2.05) is 6.07 Å². The predicted octanol–water partition coefficient (Wildman–Crippen LogP) is 3.30. The highest BCUT2D eigenvalue weighted by Gasteiger charge is 2.25. The van der Waals surface area contributed by atoms with E-state index >= 15 is 0 Å². The van der Waals surface area contributed by atoms with E-state index in [1.54, 1.807) is 0 Å². The highest BCUT2D eigenvalue weighted by atomic mass is 35.5. The van der Waals surface area contributed by atoms with Crippen LogP contribution >= 0.6 is 11.6 Å². The molecular weight excluding hydrogens is 250 g/mol. The topological polar surface area (TPSA) is 44.5 Å². The molecule has 100 valence electrons. The van der Waals surface area contributed by atoms with Crippen molar-refractivity contribution in [2.75, 3.05) is 19.8 Å². The number of nitrogens with two attached hydrogens (primary N) is 1. The van der Waals surface area contributed by atoms with Gasteiger partial charge in [0, 0.05) is 0 Å². The second-order valence-electron chi connectivity index (χ2n) is 5.01. The van der Waals surface area contributed by atoms with E-state index in [1.165, 1.54) is 5.56 Å². The van der Waals surface area contributed by atoms with Crippen LogP contribution in [0.1, 0.15) is 43.7 Å². The van der Waals surface area contributed by atoms with E-state index in [0.29, 0.717) is 36.4 Å². The summed E-state index contributed by atoms with van der Waals surface area (Å²) in [6.45, 7) is 8.08. The van der Waals surface area contributed by atoms with Crippen LogP contribution in [-0.2, 0) is 0 Å². The van der Waals surface area contributed by atoms with Gasteiger partial charge in [0.2, 0.25) is 0 Å². The molecule has 0 fully saturated rings. The Kier molecular flexibility index (Phi) is 4.03. The van der Waals surface area contributed by atoms with Crippen LogP contribution in [0, 0.1) is 0 Å². The van der Waals surface area contributed by atoms with Gasteiger partial charge in [0.1, 0.15) is 13.2 Å². The zero-order valence-electron chi connectivity index (χ0n) is 11.1. The summed E-state index contributed by atoms with van der Waals surface area (Å²) in [5.41, 5.74) is 8.08. The molecule has 0 amide bonds. The first-order valence-corrected chi connectivity index (χ1v) is 6.76. The van der Waals surface area contributed by atoms with Crippen molar-refractivity contribution in [1.29, 1.82) is 0 Å². The van der Waals surface area contributed by atoms with Gasteiger partial charge in [0.15, 0.2) is 11.5 Å². The Morgan fingerprint density at radius 1 is 1.28 bits per heavy atom. The fourth-order valence-corrected chi connectivity index (χ4v) is 2.78. The Hall–Kier alpha value is -0.930. The molecule has 4 heteroatoms. The second-order valence-corrected chi connectivity index (χ2v) is 5.39. The highest BCUT2D eigenvalue weighted by molar-refractivity contribution is 6.33. The van der Waals surface area contributed by atoms with Crippen LogP contribution in [0.25, 0.3) is 0 Å². The Bertz CT molecular complexity index is 446. The zero-order valence-corrected chi connectivity index (χ0v) is 11.9. The lowest BCUT2D eigenvalue weighted by molar-refractivity contribution is 0.171. The van der Waals surface area contributed by atoms with E-state index in [9.17, 15) is 0 Å². The van der Waals surface area contributed by atoms with Gasteiger partial charge in [-0.25, -0.2) is 0 Å². The maximum absolute atomic E-state index is 6.48. The first-order valence-electron chi connectivity index (χ1n) is 6.38. The Labute approximate surface area is 113 Å². The molecule has 1 unspecified atom stereocenters. The Morgan fingerprint density at radius 3 is 2.56 bits per heavy atom. The van der Waals surface area contributed by atoms with Gasteiger partial charge in [-0.2, -0.15) is 0 Å². The first kappa shape index (κ1) is 13.5. The lowest BCUT2D eigenvalue weighted by Crippen LogP contribution is -2.18. The van der Waals surface area contributed by atoms with E-state index in [-0.39, 0.29) is 5.92 Å². The summed E-state index contributed by atoms with van der Waals surface area (Å²) in [6.07, 6.45) is 0. The summed E-state index contributed by atoms with van der Waals surface area (Å²) in [4.78, 5) is 0. The van der Waals surface area contributed by atoms with Crippen LogP contribution in [0.4, 0.5) is 0 Å². The molecule has 0 aliphatic carbocycles. The van der Waals surface area contributed by atoms with Crippen molar-refractivity contribution in [3.63, 3.8) is 0 Å². The third-order valence-electron chi connectivity index (χ3n) is 3.31. The van der Waals surface area contributed by atoms with Crippen molar-refractivity contribution in [3.05, 3.63) is 22.2 Å². The molecule has 1 aliphatic rings. The lowest BCUT2D eigenvalue weighted by Gasteiger charge is -2.26. The number of fused-ring (bicyclic) bond motifs is 1. The number of hydrogen-bond donors (Lipinski definition) is 1. The quantitative estimate of drug-likeness (QED) is 0.916. The molecule has 0 bridgehead atoms. The first-order chi connectivity index (χ1) is 8.56. The molecule has 2 rings (SSSR count). The van der Waals surface area contributed by atoms with Crippen molar-refractivity contribution in [2.45, 2.75) is 32.6 Å². The minimum atomic E-state index is 0.260. The number of rotatable bonds is 3. The molecule has 1 aromatic carbocycles. The van der Waals surface area contributed by atoms with Crippen molar-refractivity contribution >= 4 is 11.6 Å². The van der Waals surface area contributed by atoms with Gasteiger partial charge < -0.3 is 15.2 Å². The predicted molar refractivity (Wildman–Crippen MR) is 74.0 cm³/mol. The maximum atomic E-state index is 6.48. The molecule has 0 aromatic heterocycles. The molecule has 1 aromatic rings. The monoisotopic (exact) mass is 269 g/mol. The van der Waals surface area contributed by atoms with Gasteiger partial charge in [-0.3, -0.25) is 0 Å². The summed E-state index contributed by atoms with van der Waals surface area (Å²) in [5, 5.41) is 0.678. The third-order valence-corrected chi connectivity index (χ3v) is 3.68. The largest absolute Gasteiger partial charge is 0.486 e.